The van der Waals surface area contributed by atoms with Gasteiger partial charge in [0.25, 0.3) is 0 Å². The highest BCUT2D eigenvalue weighted by Crippen LogP contribution is 2.12. The normalized spacial score (nSPS) is 11.8. The standard InChI is InChI=1S/C22H43NO2/c1-5-6-7-8-9-10-11-12-13-14-15-16-17-18-19-20-23-21(24)25-22(2,3)4/h18-19H,5-17,20H2,1-4H3,(H,23,24)/b19-18-. The Morgan fingerprint density at radius 2 is 1.28 bits per heavy atom. The SMILES string of the molecule is CCCCCCCCCCCCCC/C=C\CNC(=O)OC(C)(C)C. The van der Waals surface area contributed by atoms with Gasteiger partial charge in [0.05, 0.1) is 0 Å². The first-order chi connectivity index (χ1) is 12.0. The van der Waals surface area contributed by atoms with E-state index in [4.69, 9.17) is 4.74 Å². The molecule has 0 radical (unpaired) electrons. The summed E-state index contributed by atoms with van der Waals surface area (Å²) in [6.07, 6.45) is 21.6. The van der Waals surface area contributed by atoms with E-state index < -0.39 is 5.60 Å². The predicted octanol–water partition coefficient (Wildman–Crippen LogP) is 7.16. The predicted molar refractivity (Wildman–Crippen MR) is 109 cm³/mol. The van der Waals surface area contributed by atoms with Gasteiger partial charge in [-0.1, -0.05) is 89.7 Å². The lowest BCUT2D eigenvalue weighted by atomic mass is 10.0. The summed E-state index contributed by atoms with van der Waals surface area (Å²) in [6, 6.07) is 0. The number of carbonyl (C=O) groups is 1. The average Bonchev–Trinajstić information content (AvgIpc) is 2.53. The van der Waals surface area contributed by atoms with Crippen molar-refractivity contribution in [3.05, 3.63) is 12.2 Å². The van der Waals surface area contributed by atoms with Crippen LogP contribution in [0.5, 0.6) is 0 Å². The molecule has 0 aliphatic rings. The Hall–Kier alpha value is -0.990. The zero-order chi connectivity index (χ0) is 18.8. The summed E-state index contributed by atoms with van der Waals surface area (Å²) < 4.78 is 5.18. The van der Waals surface area contributed by atoms with Crippen LogP contribution in [0, 0.1) is 0 Å². The van der Waals surface area contributed by atoms with E-state index in [1.165, 1.54) is 77.0 Å². The van der Waals surface area contributed by atoms with Crippen LogP contribution in [0.4, 0.5) is 4.79 Å². The molecule has 0 fully saturated rings. The van der Waals surface area contributed by atoms with Crippen LogP contribution in [0.15, 0.2) is 12.2 Å². The highest BCUT2D eigenvalue weighted by atomic mass is 16.6. The molecule has 0 saturated carbocycles. The number of unbranched alkanes of at least 4 members (excludes halogenated alkanes) is 12. The number of amides is 1. The molecule has 0 unspecified atom stereocenters. The molecule has 0 aliphatic heterocycles. The van der Waals surface area contributed by atoms with Crippen molar-refractivity contribution in [3.63, 3.8) is 0 Å². The minimum absolute atomic E-state index is 0.345. The van der Waals surface area contributed by atoms with Crippen molar-refractivity contribution in [2.45, 2.75) is 117 Å². The van der Waals surface area contributed by atoms with Crippen LogP contribution in [-0.2, 0) is 4.74 Å². The Balaban J connectivity index is 3.24. The Morgan fingerprint density at radius 1 is 0.800 bits per heavy atom. The first-order valence-electron chi connectivity index (χ1n) is 10.6. The maximum atomic E-state index is 11.4. The Labute approximate surface area is 157 Å². The fourth-order valence-electron chi connectivity index (χ4n) is 2.76. The van der Waals surface area contributed by atoms with E-state index >= 15 is 0 Å². The Kier molecular flexibility index (Phi) is 15.8. The van der Waals surface area contributed by atoms with Gasteiger partial charge >= 0.3 is 6.09 Å². The van der Waals surface area contributed by atoms with Gasteiger partial charge < -0.3 is 10.1 Å². The number of nitrogens with one attached hydrogen (secondary N) is 1. The van der Waals surface area contributed by atoms with Gasteiger partial charge in [-0.15, -0.1) is 0 Å². The van der Waals surface area contributed by atoms with Crippen LogP contribution in [0.25, 0.3) is 0 Å². The molecule has 25 heavy (non-hydrogen) atoms. The van der Waals surface area contributed by atoms with E-state index in [1.54, 1.807) is 0 Å². The average molecular weight is 354 g/mol. The highest BCUT2D eigenvalue weighted by molar-refractivity contribution is 5.67. The maximum absolute atomic E-state index is 11.4. The van der Waals surface area contributed by atoms with Crippen molar-refractivity contribution in [1.29, 1.82) is 0 Å². The lowest BCUT2D eigenvalue weighted by Gasteiger charge is -2.19. The second-order valence-corrected chi connectivity index (χ2v) is 8.03. The van der Waals surface area contributed by atoms with E-state index in [0.717, 1.165) is 6.42 Å². The van der Waals surface area contributed by atoms with Crippen LogP contribution < -0.4 is 5.32 Å². The van der Waals surface area contributed by atoms with Crippen molar-refractivity contribution in [3.8, 4) is 0 Å². The lowest BCUT2D eigenvalue weighted by molar-refractivity contribution is 0.0534. The smallest absolute Gasteiger partial charge is 0.407 e. The fourth-order valence-corrected chi connectivity index (χ4v) is 2.76. The van der Waals surface area contributed by atoms with E-state index in [0.29, 0.717) is 6.54 Å². The summed E-state index contributed by atoms with van der Waals surface area (Å²) in [5, 5.41) is 2.74. The number of carbonyl (C=O) groups excluding carboxylic acids is 1. The van der Waals surface area contributed by atoms with E-state index in [2.05, 4.69) is 18.3 Å². The molecule has 0 aromatic heterocycles. The largest absolute Gasteiger partial charge is 0.444 e. The molecule has 0 aliphatic carbocycles. The molecule has 0 aromatic carbocycles. The van der Waals surface area contributed by atoms with E-state index in [-0.39, 0.29) is 6.09 Å². The maximum Gasteiger partial charge on any atom is 0.407 e. The first kappa shape index (κ1) is 24.0. The summed E-state index contributed by atoms with van der Waals surface area (Å²) in [5.74, 6) is 0. The van der Waals surface area contributed by atoms with Crippen LogP contribution >= 0.6 is 0 Å². The molecule has 1 N–H and O–H groups in total. The number of rotatable bonds is 15. The van der Waals surface area contributed by atoms with Crippen molar-refractivity contribution in [2.75, 3.05) is 6.54 Å². The molecule has 0 saturated heterocycles. The third-order valence-corrected chi connectivity index (χ3v) is 4.15. The molecule has 148 valence electrons. The molecule has 0 spiro atoms. The van der Waals surface area contributed by atoms with Gasteiger partial charge in [-0.05, 0) is 33.6 Å². The van der Waals surface area contributed by atoms with Crippen molar-refractivity contribution >= 4 is 6.09 Å². The van der Waals surface area contributed by atoms with Gasteiger partial charge in [0.15, 0.2) is 0 Å². The van der Waals surface area contributed by atoms with Crippen molar-refractivity contribution in [2.24, 2.45) is 0 Å². The van der Waals surface area contributed by atoms with Gasteiger partial charge in [0.1, 0.15) is 5.60 Å². The van der Waals surface area contributed by atoms with Crippen molar-refractivity contribution < 1.29 is 9.53 Å². The Morgan fingerprint density at radius 3 is 1.76 bits per heavy atom. The molecule has 3 nitrogen and oxygen atoms in total. The van der Waals surface area contributed by atoms with Gasteiger partial charge in [-0.25, -0.2) is 4.79 Å². The van der Waals surface area contributed by atoms with Gasteiger partial charge in [-0.3, -0.25) is 0 Å². The van der Waals surface area contributed by atoms with Crippen molar-refractivity contribution in [1.82, 2.24) is 5.32 Å². The minimum atomic E-state index is -0.428. The number of alkyl carbamates (subject to hydrolysis) is 1. The minimum Gasteiger partial charge on any atom is -0.444 e. The second-order valence-electron chi connectivity index (χ2n) is 8.03. The highest BCUT2D eigenvalue weighted by Gasteiger charge is 2.14. The zero-order valence-corrected chi connectivity index (χ0v) is 17.4. The van der Waals surface area contributed by atoms with E-state index in [1.807, 2.05) is 26.8 Å². The fraction of sp³-hybridized carbons (Fsp3) is 0.864. The van der Waals surface area contributed by atoms with E-state index in [9.17, 15) is 4.79 Å². The molecule has 0 heterocycles. The number of ether oxygens (including phenoxy) is 1. The van der Waals surface area contributed by atoms with Gasteiger partial charge in [-0.2, -0.15) is 0 Å². The summed E-state index contributed by atoms with van der Waals surface area (Å²) in [7, 11) is 0. The van der Waals surface area contributed by atoms with Gasteiger partial charge in [0, 0.05) is 6.54 Å². The first-order valence-corrected chi connectivity index (χ1v) is 10.6. The monoisotopic (exact) mass is 353 g/mol. The molecule has 0 aromatic rings. The van der Waals surface area contributed by atoms with Crippen LogP contribution in [-0.4, -0.2) is 18.2 Å². The zero-order valence-electron chi connectivity index (χ0n) is 17.4. The summed E-state index contributed by atoms with van der Waals surface area (Å²) in [4.78, 5) is 11.4. The molecule has 3 heteroatoms. The second kappa shape index (κ2) is 16.5. The summed E-state index contributed by atoms with van der Waals surface area (Å²) in [5.41, 5.74) is -0.428. The number of hydrogen-bond donors (Lipinski definition) is 1. The summed E-state index contributed by atoms with van der Waals surface area (Å²) >= 11 is 0. The third kappa shape index (κ3) is 21.0. The number of hydrogen-bond acceptors (Lipinski definition) is 2. The van der Waals surface area contributed by atoms with Crippen LogP contribution in [0.1, 0.15) is 111 Å². The topological polar surface area (TPSA) is 38.3 Å². The molecular weight excluding hydrogens is 310 g/mol. The van der Waals surface area contributed by atoms with Crippen LogP contribution in [0.3, 0.4) is 0 Å². The molecule has 0 atom stereocenters. The third-order valence-electron chi connectivity index (χ3n) is 4.15. The number of allylic oxidation sites excluding steroid dienone is 1. The lowest BCUT2D eigenvalue weighted by Crippen LogP contribution is -2.32. The van der Waals surface area contributed by atoms with Crippen LogP contribution in [0.2, 0.25) is 0 Å². The molecular formula is C22H43NO2. The Bertz CT molecular complexity index is 331. The summed E-state index contributed by atoms with van der Waals surface area (Å²) in [6.45, 7) is 8.44. The molecule has 0 bridgehead atoms. The van der Waals surface area contributed by atoms with Gasteiger partial charge in [0.2, 0.25) is 0 Å². The molecule has 0 rings (SSSR count). The molecule has 1 amide bonds. The quantitative estimate of drug-likeness (QED) is 0.250.